The van der Waals surface area contributed by atoms with Crippen LogP contribution in [-0.4, -0.2) is 36.4 Å². The van der Waals surface area contributed by atoms with Gasteiger partial charge in [0.15, 0.2) is 11.6 Å². The lowest BCUT2D eigenvalue weighted by atomic mass is 9.88. The number of hydrogen-bond acceptors (Lipinski definition) is 5. The normalized spacial score (nSPS) is 11.5. The Labute approximate surface area is 134 Å². The molecule has 0 saturated carbocycles. The molecule has 1 aromatic rings. The van der Waals surface area contributed by atoms with E-state index in [0.29, 0.717) is 24.0 Å². The van der Waals surface area contributed by atoms with Gasteiger partial charge in [-0.2, -0.15) is 5.26 Å². The van der Waals surface area contributed by atoms with Gasteiger partial charge in [0.05, 0.1) is 17.6 Å². The van der Waals surface area contributed by atoms with Crippen LogP contribution in [0.5, 0.6) is 0 Å². The highest BCUT2D eigenvalue weighted by atomic mass is 16.5. The van der Waals surface area contributed by atoms with Crippen molar-refractivity contribution in [1.29, 1.82) is 5.26 Å². The number of carbonyl (C=O) groups is 3. The Bertz CT molecular complexity index is 618. The molecule has 0 spiro atoms. The molecule has 0 saturated heterocycles. The van der Waals surface area contributed by atoms with Crippen molar-refractivity contribution < 1.29 is 24.2 Å². The van der Waals surface area contributed by atoms with Crippen molar-refractivity contribution in [1.82, 2.24) is 0 Å². The van der Waals surface area contributed by atoms with Crippen LogP contribution in [-0.2, 0) is 14.3 Å². The number of ether oxygens (including phenoxy) is 1. The van der Waals surface area contributed by atoms with Crippen LogP contribution in [0.15, 0.2) is 24.3 Å². The molecule has 0 bridgehead atoms. The van der Waals surface area contributed by atoms with Crippen LogP contribution in [0, 0.1) is 17.2 Å². The van der Waals surface area contributed by atoms with Crippen LogP contribution in [0.2, 0.25) is 0 Å². The van der Waals surface area contributed by atoms with Crippen molar-refractivity contribution in [3.8, 4) is 6.07 Å². The molecule has 0 aromatic heterocycles. The molecule has 1 unspecified atom stereocenters. The molecule has 0 heterocycles. The van der Waals surface area contributed by atoms with Gasteiger partial charge in [-0.25, -0.2) is 0 Å². The van der Waals surface area contributed by atoms with Crippen molar-refractivity contribution in [2.75, 3.05) is 13.7 Å². The van der Waals surface area contributed by atoms with E-state index in [0.717, 1.165) is 0 Å². The molecule has 0 aliphatic carbocycles. The van der Waals surface area contributed by atoms with Gasteiger partial charge in [0, 0.05) is 19.1 Å². The molecule has 6 heteroatoms. The summed E-state index contributed by atoms with van der Waals surface area (Å²) in [7, 11) is 1.38. The summed E-state index contributed by atoms with van der Waals surface area (Å²) in [5.74, 6) is -2.48. The summed E-state index contributed by atoms with van der Waals surface area (Å²) in [6.45, 7) is -0.173. The fourth-order valence-corrected chi connectivity index (χ4v) is 2.25. The number of Topliss-reactive ketones (excluding diaryl/α,β-unsaturated/α-hetero) is 2. The predicted octanol–water partition coefficient (Wildman–Crippen LogP) is 2.22. The van der Waals surface area contributed by atoms with Crippen molar-refractivity contribution in [3.05, 3.63) is 35.4 Å². The summed E-state index contributed by atoms with van der Waals surface area (Å²) in [6, 6.07) is 8.14. The Morgan fingerprint density at radius 3 is 2.65 bits per heavy atom. The summed E-state index contributed by atoms with van der Waals surface area (Å²) in [6.07, 6.45) is 1.13. The van der Waals surface area contributed by atoms with Gasteiger partial charge in [-0.15, -0.1) is 0 Å². The number of benzene rings is 1. The number of methoxy groups -OCH3 is 1. The second-order valence-electron chi connectivity index (χ2n) is 5.15. The Balaban J connectivity index is 2.85. The molecule has 1 N–H and O–H groups in total. The summed E-state index contributed by atoms with van der Waals surface area (Å²) in [5.41, 5.74) is 0.649. The van der Waals surface area contributed by atoms with Gasteiger partial charge in [0.2, 0.25) is 0 Å². The van der Waals surface area contributed by atoms with Gasteiger partial charge in [-0.1, -0.05) is 18.6 Å². The van der Waals surface area contributed by atoms with Crippen LogP contribution in [0.25, 0.3) is 0 Å². The zero-order valence-corrected chi connectivity index (χ0v) is 12.9. The first-order chi connectivity index (χ1) is 11.0. The smallest absolute Gasteiger partial charge is 0.303 e. The average molecular weight is 317 g/mol. The third-order valence-electron chi connectivity index (χ3n) is 3.40. The number of carbonyl (C=O) groups excluding carboxylic acids is 2. The Morgan fingerprint density at radius 1 is 1.30 bits per heavy atom. The van der Waals surface area contributed by atoms with E-state index >= 15 is 0 Å². The van der Waals surface area contributed by atoms with E-state index in [9.17, 15) is 14.4 Å². The van der Waals surface area contributed by atoms with Gasteiger partial charge in [-0.05, 0) is 25.0 Å². The minimum atomic E-state index is -0.905. The van der Waals surface area contributed by atoms with E-state index in [1.54, 1.807) is 18.2 Å². The Hall–Kier alpha value is -2.52. The highest BCUT2D eigenvalue weighted by Crippen LogP contribution is 2.18. The van der Waals surface area contributed by atoms with Gasteiger partial charge < -0.3 is 9.84 Å². The lowest BCUT2D eigenvalue weighted by molar-refractivity contribution is -0.137. The molecule has 0 radical (unpaired) electrons. The van der Waals surface area contributed by atoms with E-state index in [1.807, 2.05) is 6.07 Å². The first kappa shape index (κ1) is 18.5. The predicted molar refractivity (Wildman–Crippen MR) is 82.0 cm³/mol. The van der Waals surface area contributed by atoms with Crippen LogP contribution >= 0.6 is 0 Å². The topological polar surface area (TPSA) is 104 Å². The van der Waals surface area contributed by atoms with E-state index in [-0.39, 0.29) is 31.0 Å². The van der Waals surface area contributed by atoms with Crippen LogP contribution < -0.4 is 0 Å². The molecule has 1 atom stereocenters. The van der Waals surface area contributed by atoms with E-state index < -0.39 is 11.9 Å². The number of nitriles is 1. The number of unbranched alkanes of at least 4 members (excludes halogenated alkanes) is 1. The zero-order valence-electron chi connectivity index (χ0n) is 12.9. The molecule has 0 aliphatic rings. The minimum absolute atomic E-state index is 0.00327. The number of carboxylic acids is 1. The molecule has 0 fully saturated rings. The monoisotopic (exact) mass is 317 g/mol. The number of rotatable bonds is 10. The number of nitrogens with zero attached hydrogens (tertiary/aromatic N) is 1. The van der Waals surface area contributed by atoms with Gasteiger partial charge >= 0.3 is 5.97 Å². The minimum Gasteiger partial charge on any atom is -0.481 e. The molecule has 0 aliphatic heterocycles. The molecule has 1 aromatic carbocycles. The molecular weight excluding hydrogens is 298 g/mol. The molecular formula is C17H19NO5. The molecule has 122 valence electrons. The first-order valence-electron chi connectivity index (χ1n) is 7.27. The molecule has 0 amide bonds. The highest BCUT2D eigenvalue weighted by Gasteiger charge is 2.27. The maximum atomic E-state index is 12.6. The van der Waals surface area contributed by atoms with E-state index in [1.165, 1.54) is 13.2 Å². The fourth-order valence-electron chi connectivity index (χ4n) is 2.25. The van der Waals surface area contributed by atoms with Gasteiger partial charge in [0.25, 0.3) is 0 Å². The van der Waals surface area contributed by atoms with Crippen molar-refractivity contribution in [3.63, 3.8) is 0 Å². The number of ketones is 2. The lowest BCUT2D eigenvalue weighted by Crippen LogP contribution is -2.27. The first-order valence-corrected chi connectivity index (χ1v) is 7.27. The summed E-state index contributed by atoms with van der Waals surface area (Å²) >= 11 is 0. The second kappa shape index (κ2) is 9.49. The second-order valence-corrected chi connectivity index (χ2v) is 5.15. The van der Waals surface area contributed by atoms with Gasteiger partial charge in [0.1, 0.15) is 6.61 Å². The summed E-state index contributed by atoms with van der Waals surface area (Å²) < 4.78 is 4.81. The average Bonchev–Trinajstić information content (AvgIpc) is 2.54. The maximum absolute atomic E-state index is 12.6. The van der Waals surface area contributed by atoms with E-state index in [4.69, 9.17) is 15.1 Å². The standard InChI is InChI=1S/C17H19NO5/c1-23-11-15(19)14(7-2-3-8-16(20)21)17(22)13-6-4-5-12(9-13)10-18/h4-6,9,14H,2-3,7-8,11H2,1H3,(H,20,21). The van der Waals surface area contributed by atoms with Crippen LogP contribution in [0.1, 0.15) is 41.6 Å². The van der Waals surface area contributed by atoms with Crippen molar-refractivity contribution >= 4 is 17.5 Å². The number of carboxylic acid groups (broad SMARTS) is 1. The van der Waals surface area contributed by atoms with Crippen molar-refractivity contribution in [2.24, 2.45) is 5.92 Å². The third-order valence-corrected chi connectivity index (χ3v) is 3.40. The van der Waals surface area contributed by atoms with E-state index in [2.05, 4.69) is 0 Å². The third kappa shape index (κ3) is 6.01. The maximum Gasteiger partial charge on any atom is 0.303 e. The Morgan fingerprint density at radius 2 is 2.04 bits per heavy atom. The Kier molecular flexibility index (Phi) is 7.64. The molecule has 23 heavy (non-hydrogen) atoms. The molecule has 6 nitrogen and oxygen atoms in total. The zero-order chi connectivity index (χ0) is 17.2. The lowest BCUT2D eigenvalue weighted by Gasteiger charge is -2.14. The summed E-state index contributed by atoms with van der Waals surface area (Å²) in [5, 5.41) is 17.5. The largest absolute Gasteiger partial charge is 0.481 e. The molecule has 1 rings (SSSR count). The summed E-state index contributed by atoms with van der Waals surface area (Å²) in [4.78, 5) is 35.2. The SMILES string of the molecule is COCC(=O)C(CCCCC(=O)O)C(=O)c1cccc(C#N)c1. The fraction of sp³-hybridized carbons (Fsp3) is 0.412. The quantitative estimate of drug-likeness (QED) is 0.403. The van der Waals surface area contributed by atoms with Crippen molar-refractivity contribution in [2.45, 2.75) is 25.7 Å². The number of aliphatic carboxylic acids is 1. The highest BCUT2D eigenvalue weighted by molar-refractivity contribution is 6.11. The van der Waals surface area contributed by atoms with Gasteiger partial charge in [-0.3, -0.25) is 14.4 Å². The number of hydrogen-bond donors (Lipinski definition) is 1. The van der Waals surface area contributed by atoms with Crippen LogP contribution in [0.4, 0.5) is 0 Å². The van der Waals surface area contributed by atoms with Crippen LogP contribution in [0.3, 0.4) is 0 Å².